The van der Waals surface area contributed by atoms with Gasteiger partial charge in [0.05, 0.1) is 0 Å². The fourth-order valence-electron chi connectivity index (χ4n) is 14.9. The molecule has 9 rings (SSSR count). The van der Waals surface area contributed by atoms with Gasteiger partial charge >= 0.3 is 11.9 Å². The number of anilines is 1. The van der Waals surface area contributed by atoms with Gasteiger partial charge in [0.2, 0.25) is 0 Å². The van der Waals surface area contributed by atoms with E-state index in [1.807, 2.05) is 26.2 Å². The molecule has 0 spiro atoms. The fourth-order valence-corrected chi connectivity index (χ4v) is 14.9. The molecule has 0 N–H and O–H groups in total. The highest BCUT2D eigenvalue weighted by Gasteiger charge is 2.68. The maximum Gasteiger partial charge on any atom is 0.304 e. The second-order valence-electron chi connectivity index (χ2n) is 20.4. The number of fused-ring (bicyclic) bond motifs is 9. The topological polar surface area (TPSA) is 107 Å². The van der Waals surface area contributed by atoms with Gasteiger partial charge in [0.25, 0.3) is 0 Å². The lowest BCUT2D eigenvalue weighted by Crippen LogP contribution is -2.57. The molecule has 8 nitrogen and oxygen atoms in total. The Morgan fingerprint density at radius 2 is 1.40 bits per heavy atom. The summed E-state index contributed by atoms with van der Waals surface area (Å²) in [6, 6.07) is 8.76. The monoisotopic (exact) mass is 815 g/mol. The highest BCUT2D eigenvalue weighted by atomic mass is 16.6. The molecular formula is C52H65NO7. The second-order valence-corrected chi connectivity index (χ2v) is 20.4. The Morgan fingerprint density at radius 3 is 2.07 bits per heavy atom. The molecule has 5 saturated carbocycles. The van der Waals surface area contributed by atoms with Crippen LogP contribution in [0.25, 0.3) is 0 Å². The lowest BCUT2D eigenvalue weighted by atomic mass is 9.50. The van der Waals surface area contributed by atoms with Crippen molar-refractivity contribution in [2.24, 2.45) is 46.3 Å². The Balaban J connectivity index is 0.000000176. The van der Waals surface area contributed by atoms with E-state index in [2.05, 4.69) is 48.9 Å². The van der Waals surface area contributed by atoms with Crippen LogP contribution in [0.5, 0.6) is 0 Å². The van der Waals surface area contributed by atoms with Crippen LogP contribution in [0.2, 0.25) is 0 Å². The molecule has 0 amide bonds. The van der Waals surface area contributed by atoms with Gasteiger partial charge in [-0.2, -0.15) is 0 Å². The minimum Gasteiger partial charge on any atom is -0.451 e. The molecule has 0 aromatic heterocycles. The summed E-state index contributed by atoms with van der Waals surface area (Å²) in [7, 11) is 4.08. The van der Waals surface area contributed by atoms with Crippen molar-refractivity contribution < 1.29 is 33.4 Å². The molecule has 0 heterocycles. The van der Waals surface area contributed by atoms with Gasteiger partial charge in [0.15, 0.2) is 28.6 Å². The van der Waals surface area contributed by atoms with E-state index in [1.165, 1.54) is 41.7 Å². The number of terminal acetylenes is 1. The fraction of sp³-hybridized carbons (Fsp3) is 0.635. The Kier molecular flexibility index (Phi) is 11.0. The van der Waals surface area contributed by atoms with Crippen LogP contribution in [0.4, 0.5) is 5.69 Å². The summed E-state index contributed by atoms with van der Waals surface area (Å²) < 4.78 is 11.8. The first-order valence-electron chi connectivity index (χ1n) is 22.8. The summed E-state index contributed by atoms with van der Waals surface area (Å²) in [6.07, 6.45) is 23.2. The van der Waals surface area contributed by atoms with Crippen molar-refractivity contribution in [1.82, 2.24) is 0 Å². The van der Waals surface area contributed by atoms with E-state index >= 15 is 0 Å². The SMILES string of the molecule is C#C[C@]1(OC(C)=O)CC[C@H]2[C@@H]3CCC4=CC(=O)CC[C@@H]4[C@H]3CC[C@@]21C.CC(=O)O[C@]1(C(C)=O)CC[C@H]2[C@@H]3CCC4=CC(=O)CCC4=C3[C@@H](c3ccc(N(C)C)cc3)C[C@@]21C. The number of Topliss-reactive ketones (excluding diaryl/α,β-unsaturated/α-hetero) is 1. The van der Waals surface area contributed by atoms with Gasteiger partial charge in [-0.15, -0.1) is 6.42 Å². The Bertz CT molecular complexity index is 2120. The summed E-state index contributed by atoms with van der Waals surface area (Å²) in [5.41, 5.74) is 5.55. The molecule has 60 heavy (non-hydrogen) atoms. The molecular weight excluding hydrogens is 751 g/mol. The number of benzene rings is 1. The molecule has 8 aliphatic carbocycles. The van der Waals surface area contributed by atoms with E-state index in [9.17, 15) is 24.0 Å². The van der Waals surface area contributed by atoms with Crippen molar-refractivity contribution in [3.63, 3.8) is 0 Å². The zero-order chi connectivity index (χ0) is 42.9. The number of hydrogen-bond donors (Lipinski definition) is 0. The zero-order valence-corrected chi connectivity index (χ0v) is 37.0. The summed E-state index contributed by atoms with van der Waals surface area (Å²) in [5.74, 6) is 5.99. The average molecular weight is 816 g/mol. The molecule has 11 atom stereocenters. The number of esters is 2. The van der Waals surface area contributed by atoms with E-state index in [-0.39, 0.29) is 40.8 Å². The van der Waals surface area contributed by atoms with Crippen molar-refractivity contribution in [2.75, 3.05) is 19.0 Å². The smallest absolute Gasteiger partial charge is 0.304 e. The molecule has 0 unspecified atom stereocenters. The number of ketones is 3. The van der Waals surface area contributed by atoms with Crippen LogP contribution >= 0.6 is 0 Å². The van der Waals surface area contributed by atoms with E-state index in [1.54, 1.807) is 6.92 Å². The molecule has 8 heteroatoms. The standard InChI is InChI=1S/C30H37NO4.C22H28O3/c1-18(32)30(35-19(2)33)15-14-27-25-12-8-21-16-23(34)11-13-24(21)28(25)26(17-29(27,30)3)20-6-9-22(10-7-20)31(4)5;1-4-22(25-14(2)23)12-10-20-19-7-5-15-13-16(24)6-8-17(15)18(19)9-11-21(20,22)3/h6-7,9-10,16,25-27H,8,11-15,17H2,1-5H3;1,13,17-20H,5-12H2,2-3H3/t25-,26+,27-,29-,30-;17-,18+,19+,20-,21-,22-/m00/s1. The van der Waals surface area contributed by atoms with Gasteiger partial charge in [0.1, 0.15) is 0 Å². The zero-order valence-electron chi connectivity index (χ0n) is 37.0. The van der Waals surface area contributed by atoms with Gasteiger partial charge in [-0.05, 0) is 167 Å². The molecule has 0 saturated heterocycles. The molecule has 1 aromatic rings. The number of ether oxygens (including phenoxy) is 2. The minimum atomic E-state index is -1.07. The van der Waals surface area contributed by atoms with Gasteiger partial charge in [-0.3, -0.25) is 24.0 Å². The largest absolute Gasteiger partial charge is 0.451 e. The van der Waals surface area contributed by atoms with E-state index < -0.39 is 16.6 Å². The maximum atomic E-state index is 13.2. The predicted octanol–water partition coefficient (Wildman–Crippen LogP) is 9.61. The van der Waals surface area contributed by atoms with Gasteiger partial charge in [-0.1, -0.05) is 43.0 Å². The van der Waals surface area contributed by atoms with Crippen LogP contribution in [0.1, 0.15) is 142 Å². The number of rotatable bonds is 5. The van der Waals surface area contributed by atoms with E-state index in [4.69, 9.17) is 15.9 Å². The third-order valence-electron chi connectivity index (χ3n) is 17.5. The number of hydrogen-bond acceptors (Lipinski definition) is 8. The van der Waals surface area contributed by atoms with Crippen LogP contribution in [0, 0.1) is 58.7 Å². The third-order valence-corrected chi connectivity index (χ3v) is 17.5. The van der Waals surface area contributed by atoms with Crippen molar-refractivity contribution in [3.05, 3.63) is 64.3 Å². The first-order valence-corrected chi connectivity index (χ1v) is 22.8. The maximum absolute atomic E-state index is 13.2. The Hall–Kier alpha value is -4.25. The molecule has 1 aromatic carbocycles. The quantitative estimate of drug-likeness (QED) is 0.214. The van der Waals surface area contributed by atoms with Gasteiger partial charge < -0.3 is 14.4 Å². The number of carbonyl (C=O) groups excluding carboxylic acids is 5. The highest BCUT2D eigenvalue weighted by molar-refractivity contribution is 5.93. The number of nitrogens with zero attached hydrogens (tertiary/aromatic N) is 1. The van der Waals surface area contributed by atoms with Crippen molar-refractivity contribution >= 4 is 35.0 Å². The average Bonchev–Trinajstić information content (AvgIpc) is 3.67. The third kappa shape index (κ3) is 6.67. The van der Waals surface area contributed by atoms with Crippen molar-refractivity contribution in [1.29, 1.82) is 0 Å². The molecule has 0 radical (unpaired) electrons. The summed E-state index contributed by atoms with van der Waals surface area (Å²) >= 11 is 0. The lowest BCUT2D eigenvalue weighted by Gasteiger charge is -2.55. The van der Waals surface area contributed by atoms with Crippen LogP contribution < -0.4 is 4.90 Å². The highest BCUT2D eigenvalue weighted by Crippen LogP contribution is 2.68. The van der Waals surface area contributed by atoms with Crippen LogP contribution in [-0.4, -0.2) is 54.6 Å². The molecule has 5 fully saturated rings. The predicted molar refractivity (Wildman–Crippen MR) is 232 cm³/mol. The Morgan fingerprint density at radius 1 is 0.717 bits per heavy atom. The van der Waals surface area contributed by atoms with E-state index in [0.717, 1.165) is 82.7 Å². The first kappa shape index (κ1) is 42.4. The number of allylic oxidation sites excluding steroid dienone is 5. The van der Waals surface area contributed by atoms with Crippen molar-refractivity contribution in [2.45, 2.75) is 148 Å². The summed E-state index contributed by atoms with van der Waals surface area (Å²) in [5, 5.41) is 0. The van der Waals surface area contributed by atoms with Crippen LogP contribution in [0.15, 0.2) is 58.7 Å². The second kappa shape index (κ2) is 15.6. The van der Waals surface area contributed by atoms with Gasteiger partial charge in [-0.25, -0.2) is 0 Å². The van der Waals surface area contributed by atoms with Crippen LogP contribution in [-0.2, 0) is 33.4 Å². The first-order chi connectivity index (χ1) is 28.5. The molecule has 0 aliphatic heterocycles. The van der Waals surface area contributed by atoms with Crippen molar-refractivity contribution in [3.8, 4) is 12.3 Å². The molecule has 8 aliphatic rings. The minimum absolute atomic E-state index is 0.0323. The molecule has 320 valence electrons. The normalized spacial score (nSPS) is 38.7. The van der Waals surface area contributed by atoms with Gasteiger partial charge in [0, 0.05) is 63.2 Å². The lowest BCUT2D eigenvalue weighted by molar-refractivity contribution is -0.182. The molecule has 0 bridgehead atoms. The summed E-state index contributed by atoms with van der Waals surface area (Å²) in [6.45, 7) is 8.96. The van der Waals surface area contributed by atoms with Crippen LogP contribution in [0.3, 0.4) is 0 Å². The number of carbonyl (C=O) groups is 5. The Labute approximate surface area is 357 Å². The van der Waals surface area contributed by atoms with E-state index in [0.29, 0.717) is 54.6 Å². The summed E-state index contributed by atoms with van der Waals surface area (Å²) in [4.78, 5) is 63.3.